The average molecular weight is 436 g/mol. The Hall–Kier alpha value is -3.11. The average Bonchev–Trinajstić information content (AvgIpc) is 2.81. The molecule has 0 radical (unpaired) electrons. The Morgan fingerprint density at radius 2 is 1.42 bits per heavy atom. The van der Waals surface area contributed by atoms with Crippen LogP contribution in [0, 0.1) is 0 Å². The highest BCUT2D eigenvalue weighted by Crippen LogP contribution is 2.57. The van der Waals surface area contributed by atoms with Crippen molar-refractivity contribution >= 4 is 13.5 Å². The summed E-state index contributed by atoms with van der Waals surface area (Å²) in [5.41, 5.74) is -0.149. The fourth-order valence-corrected chi connectivity index (χ4v) is 6.11. The van der Waals surface area contributed by atoms with Crippen LogP contribution in [-0.4, -0.2) is 22.6 Å². The molecule has 0 spiro atoms. The van der Waals surface area contributed by atoms with Gasteiger partial charge in [0, 0.05) is 12.2 Å². The summed E-state index contributed by atoms with van der Waals surface area (Å²) in [5, 5.41) is 3.03. The maximum absolute atomic E-state index is 14.2. The molecular weight excluding hydrogens is 411 g/mol. The fourth-order valence-electron chi connectivity index (χ4n) is 3.81. The number of amides is 1. The van der Waals surface area contributed by atoms with Crippen molar-refractivity contribution in [3.05, 3.63) is 90.8 Å². The Bertz CT molecular complexity index is 986. The first kappa shape index (κ1) is 21.1. The van der Waals surface area contributed by atoms with E-state index in [0.717, 1.165) is 12.8 Å². The number of rotatable bonds is 7. The zero-order valence-electron chi connectivity index (χ0n) is 17.1. The smallest absolute Gasteiger partial charge is 0.416 e. The number of carbonyl (C=O) groups excluding carboxylic acids is 1. The molecule has 0 saturated heterocycles. The summed E-state index contributed by atoms with van der Waals surface area (Å²) in [7, 11) is -3.68. The highest BCUT2D eigenvalue weighted by atomic mass is 31.2. The molecule has 2 aromatic carbocycles. The van der Waals surface area contributed by atoms with Crippen molar-refractivity contribution in [3.63, 3.8) is 0 Å². The van der Waals surface area contributed by atoms with Gasteiger partial charge in [0.2, 0.25) is 0 Å². The van der Waals surface area contributed by atoms with Crippen LogP contribution in [0.3, 0.4) is 0 Å². The molecule has 1 amide bonds. The molecule has 6 nitrogen and oxygen atoms in total. The van der Waals surface area contributed by atoms with Crippen LogP contribution in [-0.2, 0) is 4.57 Å². The van der Waals surface area contributed by atoms with Gasteiger partial charge in [-0.05, 0) is 49.2 Å². The molecule has 2 atom stereocenters. The molecule has 160 valence electrons. The number of carbonyl (C=O) groups is 1. The van der Waals surface area contributed by atoms with Gasteiger partial charge in [0.15, 0.2) is 0 Å². The lowest BCUT2D eigenvalue weighted by molar-refractivity contribution is 0.0922. The molecule has 1 aromatic heterocycles. The second-order valence-corrected chi connectivity index (χ2v) is 9.60. The molecular formula is C24H25N2O4P. The first-order chi connectivity index (χ1) is 15.1. The van der Waals surface area contributed by atoms with Crippen LogP contribution >= 0.6 is 7.60 Å². The maximum atomic E-state index is 14.2. The summed E-state index contributed by atoms with van der Waals surface area (Å²) < 4.78 is 26.3. The van der Waals surface area contributed by atoms with Crippen LogP contribution in [0.4, 0.5) is 0 Å². The van der Waals surface area contributed by atoms with Gasteiger partial charge in [0.25, 0.3) is 5.91 Å². The first-order valence-corrected chi connectivity index (χ1v) is 12.1. The lowest BCUT2D eigenvalue weighted by Gasteiger charge is -2.36. The van der Waals surface area contributed by atoms with E-state index in [1.54, 1.807) is 48.7 Å². The highest BCUT2D eigenvalue weighted by molar-refractivity contribution is 7.55. The van der Waals surface area contributed by atoms with Crippen molar-refractivity contribution in [1.82, 2.24) is 10.3 Å². The predicted molar refractivity (Wildman–Crippen MR) is 119 cm³/mol. The molecule has 0 bridgehead atoms. The molecule has 4 rings (SSSR count). The van der Waals surface area contributed by atoms with E-state index in [4.69, 9.17) is 9.05 Å². The topological polar surface area (TPSA) is 77.5 Å². The first-order valence-electron chi connectivity index (χ1n) is 10.4. The van der Waals surface area contributed by atoms with Gasteiger partial charge in [-0.2, -0.15) is 0 Å². The zero-order chi connectivity index (χ0) is 21.5. The van der Waals surface area contributed by atoms with E-state index in [0.29, 0.717) is 30.0 Å². The molecule has 0 unspecified atom stereocenters. The predicted octanol–water partition coefficient (Wildman–Crippen LogP) is 5.47. The third-order valence-corrected chi connectivity index (χ3v) is 7.66. The summed E-state index contributed by atoms with van der Waals surface area (Å²) in [6, 6.07) is 22.9. The van der Waals surface area contributed by atoms with Gasteiger partial charge in [-0.25, -0.2) is 4.57 Å². The van der Waals surface area contributed by atoms with Crippen molar-refractivity contribution in [3.8, 4) is 11.5 Å². The highest BCUT2D eigenvalue weighted by Gasteiger charge is 2.46. The van der Waals surface area contributed by atoms with Gasteiger partial charge in [0.1, 0.15) is 22.9 Å². The van der Waals surface area contributed by atoms with Gasteiger partial charge < -0.3 is 14.4 Å². The van der Waals surface area contributed by atoms with Gasteiger partial charge in [0.05, 0.1) is 0 Å². The molecule has 3 aromatic rings. The largest absolute Gasteiger partial charge is 0.435 e. The van der Waals surface area contributed by atoms with E-state index >= 15 is 0 Å². The van der Waals surface area contributed by atoms with Crippen molar-refractivity contribution in [2.24, 2.45) is 0 Å². The number of hydrogen-bond acceptors (Lipinski definition) is 5. The minimum absolute atomic E-state index is 0.288. The molecule has 1 aliphatic rings. The summed E-state index contributed by atoms with van der Waals surface area (Å²) >= 11 is 0. The summed E-state index contributed by atoms with van der Waals surface area (Å²) in [6.07, 6.45) is 4.73. The van der Waals surface area contributed by atoms with E-state index in [-0.39, 0.29) is 11.9 Å². The lowest BCUT2D eigenvalue weighted by atomic mass is 9.94. The van der Waals surface area contributed by atoms with Gasteiger partial charge in [-0.3, -0.25) is 9.78 Å². The van der Waals surface area contributed by atoms with Crippen molar-refractivity contribution < 1.29 is 18.4 Å². The molecule has 31 heavy (non-hydrogen) atoms. The van der Waals surface area contributed by atoms with Crippen molar-refractivity contribution in [1.29, 1.82) is 0 Å². The van der Waals surface area contributed by atoms with Crippen molar-refractivity contribution in [2.75, 3.05) is 0 Å². The van der Waals surface area contributed by atoms with Crippen LogP contribution in [0.1, 0.15) is 36.2 Å². The Morgan fingerprint density at radius 1 is 0.839 bits per heavy atom. The number of nitrogens with one attached hydrogen (secondary N) is 1. The van der Waals surface area contributed by atoms with E-state index in [9.17, 15) is 9.36 Å². The lowest BCUT2D eigenvalue weighted by Crippen LogP contribution is -2.46. The van der Waals surface area contributed by atoms with Crippen LogP contribution < -0.4 is 14.4 Å². The zero-order valence-corrected chi connectivity index (χ0v) is 18.0. The Balaban J connectivity index is 1.62. The third-order valence-electron chi connectivity index (χ3n) is 5.30. The number of aromatic nitrogens is 1. The van der Waals surface area contributed by atoms with E-state index in [1.807, 2.05) is 36.4 Å². The molecule has 7 heteroatoms. The SMILES string of the molecule is O=C(N[C@@H]1CCCC[C@H]1P(=O)(Oc1ccccc1)Oc1ccccc1)c1ccccn1. The van der Waals surface area contributed by atoms with E-state index in [1.165, 1.54) is 0 Å². The minimum Gasteiger partial charge on any atom is -0.416 e. The number of hydrogen-bond donors (Lipinski definition) is 1. The molecule has 1 saturated carbocycles. The second kappa shape index (κ2) is 9.80. The van der Waals surface area contributed by atoms with Crippen LogP contribution in [0.15, 0.2) is 85.1 Å². The van der Waals surface area contributed by atoms with Gasteiger partial charge >= 0.3 is 7.60 Å². The maximum Gasteiger partial charge on any atom is 0.435 e. The Labute approximate surface area is 182 Å². The monoisotopic (exact) mass is 436 g/mol. The summed E-state index contributed by atoms with van der Waals surface area (Å²) in [4.78, 5) is 16.9. The summed E-state index contributed by atoms with van der Waals surface area (Å²) in [5.74, 6) is 0.660. The number of pyridine rings is 1. The normalized spacial score (nSPS) is 18.7. The Kier molecular flexibility index (Phi) is 6.68. The van der Waals surface area contributed by atoms with Crippen LogP contribution in [0.25, 0.3) is 0 Å². The number of para-hydroxylation sites is 2. The number of nitrogens with zero attached hydrogens (tertiary/aromatic N) is 1. The van der Waals surface area contributed by atoms with Gasteiger partial charge in [-0.1, -0.05) is 55.3 Å². The van der Waals surface area contributed by atoms with E-state index < -0.39 is 13.3 Å². The summed E-state index contributed by atoms with van der Waals surface area (Å²) in [6.45, 7) is 0. The molecule has 1 N–H and O–H groups in total. The number of benzene rings is 2. The third kappa shape index (κ3) is 5.33. The van der Waals surface area contributed by atoms with Crippen molar-refractivity contribution in [2.45, 2.75) is 37.4 Å². The molecule has 1 fully saturated rings. The standard InChI is InChI=1S/C24H25N2O4P/c27-24(22-16-9-10-18-25-22)26-21-15-7-8-17-23(21)31(28,29-19-11-3-1-4-12-19)30-20-13-5-2-6-14-20/h1-6,9-14,16,18,21,23H,7-8,15,17H2,(H,26,27)/t21-,23-/m1/s1. The quantitative estimate of drug-likeness (QED) is 0.497. The van der Waals surface area contributed by atoms with E-state index in [2.05, 4.69) is 10.3 Å². The van der Waals surface area contributed by atoms with Crippen LogP contribution in [0.2, 0.25) is 0 Å². The molecule has 1 heterocycles. The Morgan fingerprint density at radius 3 is 2.00 bits per heavy atom. The fraction of sp³-hybridized carbons (Fsp3) is 0.250. The minimum atomic E-state index is -3.68. The second-order valence-electron chi connectivity index (χ2n) is 7.50. The van der Waals surface area contributed by atoms with Crippen LogP contribution in [0.5, 0.6) is 11.5 Å². The molecule has 0 aliphatic heterocycles. The molecule has 1 aliphatic carbocycles. The van der Waals surface area contributed by atoms with Gasteiger partial charge in [-0.15, -0.1) is 0 Å².